The van der Waals surface area contributed by atoms with Crippen molar-refractivity contribution >= 4 is 5.69 Å². The second kappa shape index (κ2) is 9.69. The average Bonchev–Trinajstić information content (AvgIpc) is 2.62. The monoisotopic (exact) mass is 327 g/mol. The molecule has 0 aromatic heterocycles. The molecule has 3 heteroatoms. The molecule has 3 nitrogen and oxygen atoms in total. The third-order valence-corrected chi connectivity index (χ3v) is 5.32. The highest BCUT2D eigenvalue weighted by Crippen LogP contribution is 2.21. The second-order valence-corrected chi connectivity index (χ2v) is 7.52. The van der Waals surface area contributed by atoms with Crippen molar-refractivity contribution < 1.29 is 0 Å². The van der Waals surface area contributed by atoms with Gasteiger partial charge in [-0.15, -0.1) is 0 Å². The van der Waals surface area contributed by atoms with E-state index < -0.39 is 0 Å². The van der Waals surface area contributed by atoms with Crippen molar-refractivity contribution in [3.8, 4) is 6.07 Å². The molecule has 0 bridgehead atoms. The van der Waals surface area contributed by atoms with Gasteiger partial charge in [0.05, 0.1) is 11.6 Å². The molecular weight excluding hydrogens is 294 g/mol. The minimum absolute atomic E-state index is 0.740. The fraction of sp³-hybridized carbons (Fsp3) is 0.667. The third kappa shape index (κ3) is 5.83. The van der Waals surface area contributed by atoms with Crippen LogP contribution in [0.2, 0.25) is 0 Å². The van der Waals surface area contributed by atoms with Gasteiger partial charge in [-0.3, -0.25) is 4.90 Å². The first kappa shape index (κ1) is 18.8. The molecule has 132 valence electrons. The number of hydrogen-bond acceptors (Lipinski definition) is 3. The van der Waals surface area contributed by atoms with Crippen LogP contribution < -0.4 is 4.90 Å². The number of benzene rings is 1. The fourth-order valence-corrected chi connectivity index (χ4v) is 3.46. The molecule has 0 unspecified atom stereocenters. The zero-order valence-corrected chi connectivity index (χ0v) is 15.7. The highest BCUT2D eigenvalue weighted by atomic mass is 15.3. The van der Waals surface area contributed by atoms with Crippen molar-refractivity contribution in [2.24, 2.45) is 11.8 Å². The summed E-state index contributed by atoms with van der Waals surface area (Å²) in [5.41, 5.74) is 1.99. The van der Waals surface area contributed by atoms with Gasteiger partial charge in [0.15, 0.2) is 0 Å². The highest BCUT2D eigenvalue weighted by Gasteiger charge is 2.18. The van der Waals surface area contributed by atoms with Crippen molar-refractivity contribution in [1.29, 1.82) is 5.26 Å². The molecule has 1 aliphatic rings. The van der Waals surface area contributed by atoms with Gasteiger partial charge in [0.1, 0.15) is 0 Å². The predicted octanol–water partition coefficient (Wildman–Crippen LogP) is 4.53. The summed E-state index contributed by atoms with van der Waals surface area (Å²) in [7, 11) is 0. The summed E-state index contributed by atoms with van der Waals surface area (Å²) in [5, 5.41) is 8.90. The maximum Gasteiger partial charge on any atom is 0.0991 e. The SMILES string of the molecule is CC[C@H](CCC(C)C)CCN1CCN(c2ccc(C#N)cc2)CC1. The molecule has 1 heterocycles. The van der Waals surface area contributed by atoms with Crippen LogP contribution in [0.4, 0.5) is 5.69 Å². The lowest BCUT2D eigenvalue weighted by Gasteiger charge is -2.36. The summed E-state index contributed by atoms with van der Waals surface area (Å²) in [4.78, 5) is 5.06. The summed E-state index contributed by atoms with van der Waals surface area (Å²) in [6, 6.07) is 10.2. The van der Waals surface area contributed by atoms with E-state index in [1.165, 1.54) is 37.9 Å². The van der Waals surface area contributed by atoms with Gasteiger partial charge in [0, 0.05) is 31.9 Å². The number of rotatable bonds is 8. The molecule has 0 aliphatic carbocycles. The summed E-state index contributed by atoms with van der Waals surface area (Å²) < 4.78 is 0. The minimum Gasteiger partial charge on any atom is -0.369 e. The third-order valence-electron chi connectivity index (χ3n) is 5.32. The highest BCUT2D eigenvalue weighted by molar-refractivity contribution is 5.50. The van der Waals surface area contributed by atoms with E-state index in [2.05, 4.69) is 48.8 Å². The summed E-state index contributed by atoms with van der Waals surface area (Å²) in [6.45, 7) is 12.7. The predicted molar refractivity (Wildman–Crippen MR) is 102 cm³/mol. The van der Waals surface area contributed by atoms with Crippen molar-refractivity contribution in [3.63, 3.8) is 0 Å². The van der Waals surface area contributed by atoms with E-state index in [9.17, 15) is 0 Å². The number of hydrogen-bond donors (Lipinski definition) is 0. The van der Waals surface area contributed by atoms with Crippen LogP contribution in [-0.2, 0) is 0 Å². The van der Waals surface area contributed by atoms with Crippen LogP contribution >= 0.6 is 0 Å². The van der Waals surface area contributed by atoms with Gasteiger partial charge < -0.3 is 4.90 Å². The lowest BCUT2D eigenvalue weighted by molar-refractivity contribution is 0.230. The Hall–Kier alpha value is -1.53. The van der Waals surface area contributed by atoms with E-state index >= 15 is 0 Å². The molecule has 1 fully saturated rings. The van der Waals surface area contributed by atoms with Gasteiger partial charge in [-0.05, 0) is 49.1 Å². The Labute approximate surface area is 148 Å². The Balaban J connectivity index is 1.73. The van der Waals surface area contributed by atoms with E-state index in [-0.39, 0.29) is 0 Å². The lowest BCUT2D eigenvalue weighted by atomic mass is 9.93. The number of nitriles is 1. The second-order valence-electron chi connectivity index (χ2n) is 7.52. The maximum absolute atomic E-state index is 8.90. The first-order chi connectivity index (χ1) is 11.6. The van der Waals surface area contributed by atoms with Crippen LogP contribution in [-0.4, -0.2) is 37.6 Å². The molecule has 1 aromatic rings. The molecule has 2 rings (SSSR count). The molecule has 0 amide bonds. The average molecular weight is 328 g/mol. The molecule has 1 saturated heterocycles. The zero-order valence-electron chi connectivity index (χ0n) is 15.7. The molecule has 24 heavy (non-hydrogen) atoms. The Bertz CT molecular complexity index is 507. The molecule has 0 N–H and O–H groups in total. The van der Waals surface area contributed by atoms with Crippen LogP contribution in [0.25, 0.3) is 0 Å². The number of nitrogens with zero attached hydrogens (tertiary/aromatic N) is 3. The Morgan fingerprint density at radius 1 is 1.00 bits per heavy atom. The fourth-order valence-electron chi connectivity index (χ4n) is 3.46. The van der Waals surface area contributed by atoms with Crippen LogP contribution in [0.15, 0.2) is 24.3 Å². The Morgan fingerprint density at radius 3 is 2.21 bits per heavy atom. The zero-order chi connectivity index (χ0) is 17.4. The van der Waals surface area contributed by atoms with E-state index in [4.69, 9.17) is 5.26 Å². The smallest absolute Gasteiger partial charge is 0.0991 e. The minimum atomic E-state index is 0.740. The summed E-state index contributed by atoms with van der Waals surface area (Å²) in [6.07, 6.45) is 5.42. The van der Waals surface area contributed by atoms with E-state index in [1.54, 1.807) is 0 Å². The Morgan fingerprint density at radius 2 is 1.67 bits per heavy atom. The molecule has 1 atom stereocenters. The maximum atomic E-state index is 8.90. The first-order valence-electron chi connectivity index (χ1n) is 9.59. The van der Waals surface area contributed by atoms with Crippen molar-refractivity contribution in [3.05, 3.63) is 29.8 Å². The van der Waals surface area contributed by atoms with Crippen LogP contribution in [0, 0.1) is 23.2 Å². The van der Waals surface area contributed by atoms with Crippen molar-refractivity contribution in [2.75, 3.05) is 37.6 Å². The number of anilines is 1. The van der Waals surface area contributed by atoms with Gasteiger partial charge in [0.25, 0.3) is 0 Å². The van der Waals surface area contributed by atoms with Crippen LogP contribution in [0.3, 0.4) is 0 Å². The van der Waals surface area contributed by atoms with E-state index in [0.717, 1.165) is 43.6 Å². The standard InChI is InChI=1S/C21H33N3/c1-4-19(6-5-18(2)3)11-12-23-13-15-24(16-14-23)21-9-7-20(17-22)8-10-21/h7-10,18-19H,4-6,11-16H2,1-3H3/t19-/m1/s1. The molecule has 0 saturated carbocycles. The molecule has 1 aromatic carbocycles. The van der Waals surface area contributed by atoms with Gasteiger partial charge in [-0.25, -0.2) is 0 Å². The molecular formula is C21H33N3. The summed E-state index contributed by atoms with van der Waals surface area (Å²) in [5.74, 6) is 1.72. The van der Waals surface area contributed by atoms with Gasteiger partial charge in [-0.1, -0.05) is 40.0 Å². The van der Waals surface area contributed by atoms with Crippen LogP contribution in [0.1, 0.15) is 52.0 Å². The largest absolute Gasteiger partial charge is 0.369 e. The molecule has 0 radical (unpaired) electrons. The van der Waals surface area contributed by atoms with Gasteiger partial charge >= 0.3 is 0 Å². The van der Waals surface area contributed by atoms with Gasteiger partial charge in [-0.2, -0.15) is 5.26 Å². The lowest BCUT2D eigenvalue weighted by Crippen LogP contribution is -2.46. The number of piperazine rings is 1. The molecule has 0 spiro atoms. The Kier molecular flexibility index (Phi) is 7.59. The first-order valence-corrected chi connectivity index (χ1v) is 9.59. The van der Waals surface area contributed by atoms with E-state index in [0.29, 0.717) is 0 Å². The molecule has 1 aliphatic heterocycles. The quantitative estimate of drug-likeness (QED) is 0.702. The van der Waals surface area contributed by atoms with E-state index in [1.807, 2.05) is 12.1 Å². The normalized spacial score (nSPS) is 17.0. The summed E-state index contributed by atoms with van der Waals surface area (Å²) >= 11 is 0. The van der Waals surface area contributed by atoms with Crippen LogP contribution in [0.5, 0.6) is 0 Å². The van der Waals surface area contributed by atoms with Crippen molar-refractivity contribution in [2.45, 2.75) is 46.5 Å². The topological polar surface area (TPSA) is 30.3 Å². The van der Waals surface area contributed by atoms with Gasteiger partial charge in [0.2, 0.25) is 0 Å². The van der Waals surface area contributed by atoms with Crippen molar-refractivity contribution in [1.82, 2.24) is 4.90 Å².